The van der Waals surface area contributed by atoms with Gasteiger partial charge in [-0.2, -0.15) is 0 Å². The van der Waals surface area contributed by atoms with Gasteiger partial charge < -0.3 is 5.11 Å². The summed E-state index contributed by atoms with van der Waals surface area (Å²) in [5, 5.41) is 9.93. The predicted molar refractivity (Wildman–Crippen MR) is 72.4 cm³/mol. The maximum Gasteiger partial charge on any atom is 0.231 e. The molecular formula is C13H9ClO3S. The van der Waals surface area contributed by atoms with E-state index < -0.39 is 10.9 Å². The van der Waals surface area contributed by atoms with Gasteiger partial charge in [0.25, 0.3) is 0 Å². The summed E-state index contributed by atoms with van der Waals surface area (Å²) in [5.74, 6) is -0.704. The summed E-state index contributed by atoms with van der Waals surface area (Å²) < 4.78 is 0. The van der Waals surface area contributed by atoms with E-state index in [2.05, 4.69) is 0 Å². The summed E-state index contributed by atoms with van der Waals surface area (Å²) in [6, 6.07) is 7.06. The number of rotatable bonds is 2. The highest BCUT2D eigenvalue weighted by molar-refractivity contribution is 8.18. The quantitative estimate of drug-likeness (QED) is 0.844. The number of aliphatic hydroxyl groups is 1. The highest BCUT2D eigenvalue weighted by atomic mass is 35.5. The topological polar surface area (TPSA) is 54.4 Å². The number of benzene rings is 1. The zero-order valence-electron chi connectivity index (χ0n) is 9.44. The van der Waals surface area contributed by atoms with Crippen molar-refractivity contribution in [2.24, 2.45) is 0 Å². The number of Topliss-reactive ketones (excluding diaryl/α,β-unsaturated/α-hetero) is 1. The molecule has 3 nitrogen and oxygen atoms in total. The Bertz CT molecular complexity index is 602. The maximum absolute atomic E-state index is 11.6. The molecule has 0 aliphatic carbocycles. The van der Waals surface area contributed by atoms with Crippen LogP contribution < -0.4 is 0 Å². The van der Waals surface area contributed by atoms with Gasteiger partial charge in [0.2, 0.25) is 5.12 Å². The number of hydrogen-bond acceptors (Lipinski definition) is 4. The molecule has 0 aromatic heterocycles. The molecule has 0 fully saturated rings. The number of ketones is 1. The molecule has 18 heavy (non-hydrogen) atoms. The van der Waals surface area contributed by atoms with Crippen molar-refractivity contribution in [3.05, 3.63) is 51.1 Å². The number of aliphatic hydroxyl groups excluding tert-OH is 1. The lowest BCUT2D eigenvalue weighted by Gasteiger charge is -2.00. The van der Waals surface area contributed by atoms with Crippen LogP contribution in [-0.4, -0.2) is 16.0 Å². The minimum atomic E-state index is -0.437. The molecule has 0 spiro atoms. The van der Waals surface area contributed by atoms with Gasteiger partial charge in [0.05, 0.1) is 4.91 Å². The Labute approximate surface area is 113 Å². The Kier molecular flexibility index (Phi) is 3.59. The summed E-state index contributed by atoms with van der Waals surface area (Å²) >= 11 is 6.81. The van der Waals surface area contributed by atoms with Gasteiger partial charge in [-0.25, -0.2) is 0 Å². The van der Waals surface area contributed by atoms with Crippen LogP contribution in [0.4, 0.5) is 0 Å². The molecule has 92 valence electrons. The molecule has 0 bridgehead atoms. The van der Waals surface area contributed by atoms with Gasteiger partial charge in [-0.3, -0.25) is 9.59 Å². The lowest BCUT2D eigenvalue weighted by atomic mass is 10.1. The Balaban J connectivity index is 2.46. The van der Waals surface area contributed by atoms with Crippen LogP contribution in [0.15, 0.2) is 40.5 Å². The molecule has 0 unspecified atom stereocenters. The third kappa shape index (κ3) is 2.35. The Hall–Kier alpha value is -1.52. The Morgan fingerprint density at radius 2 is 2.06 bits per heavy atom. The maximum atomic E-state index is 11.6. The van der Waals surface area contributed by atoms with Gasteiger partial charge in [0.15, 0.2) is 5.78 Å². The van der Waals surface area contributed by atoms with Crippen LogP contribution >= 0.6 is 23.4 Å². The van der Waals surface area contributed by atoms with Gasteiger partial charge in [-0.05, 0) is 36.4 Å². The Morgan fingerprint density at radius 1 is 1.39 bits per heavy atom. The van der Waals surface area contributed by atoms with E-state index in [0.29, 0.717) is 15.5 Å². The van der Waals surface area contributed by atoms with Crippen molar-refractivity contribution in [2.75, 3.05) is 0 Å². The van der Waals surface area contributed by atoms with Gasteiger partial charge in [0, 0.05) is 5.02 Å². The van der Waals surface area contributed by atoms with E-state index in [1.165, 1.54) is 6.92 Å². The fraction of sp³-hybridized carbons (Fsp3) is 0.0769. The van der Waals surface area contributed by atoms with Crippen LogP contribution in [-0.2, 0) is 9.59 Å². The first-order valence-corrected chi connectivity index (χ1v) is 6.33. The van der Waals surface area contributed by atoms with Gasteiger partial charge in [0.1, 0.15) is 11.3 Å². The van der Waals surface area contributed by atoms with E-state index in [4.69, 9.17) is 11.6 Å². The highest BCUT2D eigenvalue weighted by Crippen LogP contribution is 2.38. The molecule has 1 aromatic rings. The monoisotopic (exact) mass is 280 g/mol. The smallest absolute Gasteiger partial charge is 0.231 e. The molecule has 1 aliphatic rings. The number of carbonyl (C=O) groups excluding carboxylic acids is 2. The lowest BCUT2D eigenvalue weighted by Crippen LogP contribution is -2.03. The van der Waals surface area contributed by atoms with Crippen molar-refractivity contribution in [3.8, 4) is 0 Å². The molecule has 0 radical (unpaired) electrons. The molecule has 1 aromatic carbocycles. The van der Waals surface area contributed by atoms with Crippen LogP contribution in [0.1, 0.15) is 12.5 Å². The fourth-order valence-corrected chi connectivity index (χ4v) is 2.68. The first-order valence-electron chi connectivity index (χ1n) is 5.13. The van der Waals surface area contributed by atoms with Crippen molar-refractivity contribution in [1.29, 1.82) is 0 Å². The van der Waals surface area contributed by atoms with Crippen molar-refractivity contribution >= 4 is 40.3 Å². The summed E-state index contributed by atoms with van der Waals surface area (Å²) in [4.78, 5) is 23.1. The predicted octanol–water partition coefficient (Wildman–Crippen LogP) is 3.36. The zero-order valence-corrected chi connectivity index (χ0v) is 11.0. The average Bonchev–Trinajstić information content (AvgIpc) is 2.57. The normalized spacial score (nSPS) is 17.7. The van der Waals surface area contributed by atoms with Crippen LogP contribution in [0.25, 0.3) is 6.08 Å². The molecular weight excluding hydrogens is 272 g/mol. The van der Waals surface area contributed by atoms with Crippen molar-refractivity contribution in [1.82, 2.24) is 0 Å². The number of thioether (sulfide) groups is 1. The van der Waals surface area contributed by atoms with Gasteiger partial charge >= 0.3 is 0 Å². The third-order valence-electron chi connectivity index (χ3n) is 2.42. The highest BCUT2D eigenvalue weighted by Gasteiger charge is 2.31. The fourth-order valence-electron chi connectivity index (χ4n) is 1.56. The van der Waals surface area contributed by atoms with Crippen LogP contribution in [0.3, 0.4) is 0 Å². The Morgan fingerprint density at radius 3 is 2.61 bits per heavy atom. The number of halogens is 1. The standard InChI is InChI=1S/C13H9ClO3S/c1-7(15)11-12(16)10(18-13(11)17)6-8-4-2-3-5-9(8)14/h2-6,16H,1H3. The second-order valence-electron chi connectivity index (χ2n) is 3.70. The second-order valence-corrected chi connectivity index (χ2v) is 5.12. The van der Waals surface area contributed by atoms with Crippen LogP contribution in [0.5, 0.6) is 0 Å². The third-order valence-corrected chi connectivity index (χ3v) is 3.69. The first-order chi connectivity index (χ1) is 8.50. The van der Waals surface area contributed by atoms with E-state index in [1.807, 2.05) is 0 Å². The lowest BCUT2D eigenvalue weighted by molar-refractivity contribution is -0.116. The van der Waals surface area contributed by atoms with Crippen molar-refractivity contribution in [3.63, 3.8) is 0 Å². The molecule has 0 atom stereocenters. The average molecular weight is 281 g/mol. The molecule has 5 heteroatoms. The van der Waals surface area contributed by atoms with Crippen molar-refractivity contribution < 1.29 is 14.7 Å². The second kappa shape index (κ2) is 5.00. The molecule has 0 saturated carbocycles. The minimum absolute atomic E-state index is 0.154. The SMILES string of the molecule is CC(=O)C1=C(O)C(=Cc2ccccc2Cl)SC1=O. The molecule has 1 heterocycles. The van der Waals surface area contributed by atoms with E-state index in [0.717, 1.165) is 11.8 Å². The molecule has 2 rings (SSSR count). The van der Waals surface area contributed by atoms with Gasteiger partial charge in [-0.15, -0.1) is 0 Å². The van der Waals surface area contributed by atoms with Crippen LogP contribution in [0.2, 0.25) is 5.02 Å². The minimum Gasteiger partial charge on any atom is -0.506 e. The number of hydrogen-bond donors (Lipinski definition) is 1. The first kappa shape index (κ1) is 12.9. The molecule has 1 N–H and O–H groups in total. The summed E-state index contributed by atoms with van der Waals surface area (Å²) in [7, 11) is 0. The molecule has 1 aliphatic heterocycles. The van der Waals surface area contributed by atoms with E-state index in [9.17, 15) is 14.7 Å². The molecule has 0 saturated heterocycles. The molecule has 0 amide bonds. The summed E-state index contributed by atoms with van der Waals surface area (Å²) in [6.45, 7) is 1.25. The number of carbonyl (C=O) groups is 2. The van der Waals surface area contributed by atoms with E-state index in [1.54, 1.807) is 30.3 Å². The van der Waals surface area contributed by atoms with E-state index in [-0.39, 0.29) is 11.3 Å². The van der Waals surface area contributed by atoms with Crippen LogP contribution in [0, 0.1) is 0 Å². The zero-order chi connectivity index (χ0) is 13.3. The van der Waals surface area contributed by atoms with Crippen molar-refractivity contribution in [2.45, 2.75) is 6.92 Å². The largest absolute Gasteiger partial charge is 0.506 e. The summed E-state index contributed by atoms with van der Waals surface area (Å²) in [6.07, 6.45) is 1.59. The van der Waals surface area contributed by atoms with Gasteiger partial charge in [-0.1, -0.05) is 29.8 Å². The van der Waals surface area contributed by atoms with E-state index >= 15 is 0 Å². The summed E-state index contributed by atoms with van der Waals surface area (Å²) in [5.41, 5.74) is 0.532.